The summed E-state index contributed by atoms with van der Waals surface area (Å²) in [5, 5.41) is 11.4. The van der Waals surface area contributed by atoms with Gasteiger partial charge in [-0.2, -0.15) is 23.5 Å². The molecule has 1 aromatic carbocycles. The highest BCUT2D eigenvalue weighted by Crippen LogP contribution is 2.35. The molecule has 0 aliphatic carbocycles. The second kappa shape index (κ2) is 4.55. The molecule has 0 aliphatic rings. The Morgan fingerprint density at radius 1 is 1.32 bits per heavy atom. The molecule has 0 fully saturated rings. The van der Waals surface area contributed by atoms with Crippen LogP contribution in [0, 0.1) is 17.1 Å². The number of benzene rings is 1. The van der Waals surface area contributed by atoms with Crippen molar-refractivity contribution in [2.45, 2.75) is 6.18 Å². The van der Waals surface area contributed by atoms with Crippen molar-refractivity contribution in [2.24, 2.45) is 0 Å². The molecule has 0 unspecified atom stereocenters. The summed E-state index contributed by atoms with van der Waals surface area (Å²) in [5.41, 5.74) is -2.19. The Bertz CT molecular complexity index is 670. The van der Waals surface area contributed by atoms with Crippen molar-refractivity contribution in [3.05, 3.63) is 46.5 Å². The zero-order chi connectivity index (χ0) is 14.2. The van der Waals surface area contributed by atoms with Gasteiger partial charge in [-0.25, -0.2) is 9.07 Å². The fraction of sp³-hybridized carbons (Fsp3) is 0.0909. The van der Waals surface area contributed by atoms with E-state index in [1.54, 1.807) is 0 Å². The van der Waals surface area contributed by atoms with Crippen LogP contribution in [-0.2, 0) is 6.18 Å². The summed E-state index contributed by atoms with van der Waals surface area (Å²) in [4.78, 5) is 0. The highest BCUT2D eigenvalue weighted by molar-refractivity contribution is 6.31. The summed E-state index contributed by atoms with van der Waals surface area (Å²) in [6, 6.07) is 6.04. The van der Waals surface area contributed by atoms with Crippen molar-refractivity contribution in [2.75, 3.05) is 0 Å². The molecule has 0 aliphatic heterocycles. The second-order valence-corrected chi connectivity index (χ2v) is 3.87. The highest BCUT2D eigenvalue weighted by atomic mass is 35.5. The van der Waals surface area contributed by atoms with Gasteiger partial charge in [0.2, 0.25) is 0 Å². The van der Waals surface area contributed by atoms with Crippen LogP contribution in [-0.4, -0.2) is 9.78 Å². The fourth-order valence-corrected chi connectivity index (χ4v) is 1.74. The van der Waals surface area contributed by atoms with E-state index in [2.05, 4.69) is 5.10 Å². The Morgan fingerprint density at radius 3 is 2.47 bits per heavy atom. The van der Waals surface area contributed by atoms with Crippen LogP contribution < -0.4 is 0 Å². The first-order valence-electron chi connectivity index (χ1n) is 4.86. The summed E-state index contributed by atoms with van der Waals surface area (Å²) >= 11 is 5.68. The zero-order valence-corrected chi connectivity index (χ0v) is 9.80. The number of alkyl halides is 3. The molecule has 8 heteroatoms. The van der Waals surface area contributed by atoms with Gasteiger partial charge in [-0.1, -0.05) is 17.7 Å². The maximum atomic E-state index is 13.0. The number of nitriles is 1. The first-order valence-corrected chi connectivity index (χ1v) is 5.24. The minimum Gasteiger partial charge on any atom is -0.220 e. The van der Waals surface area contributed by atoms with Crippen LogP contribution in [0.1, 0.15) is 11.3 Å². The Balaban J connectivity index is 2.68. The molecule has 0 saturated heterocycles. The minimum atomic E-state index is -4.81. The van der Waals surface area contributed by atoms with Crippen molar-refractivity contribution in [1.29, 1.82) is 5.26 Å². The lowest BCUT2D eigenvalue weighted by Gasteiger charge is -2.03. The van der Waals surface area contributed by atoms with Gasteiger partial charge >= 0.3 is 6.18 Å². The third-order valence-electron chi connectivity index (χ3n) is 2.26. The lowest BCUT2D eigenvalue weighted by atomic mass is 10.2. The number of rotatable bonds is 1. The van der Waals surface area contributed by atoms with E-state index in [1.165, 1.54) is 18.2 Å². The van der Waals surface area contributed by atoms with Gasteiger partial charge in [-0.3, -0.25) is 0 Å². The minimum absolute atomic E-state index is 0.00278. The third kappa shape index (κ3) is 2.39. The molecule has 0 atom stereocenters. The van der Waals surface area contributed by atoms with E-state index in [4.69, 9.17) is 16.9 Å². The number of hydrogen-bond acceptors (Lipinski definition) is 2. The van der Waals surface area contributed by atoms with Crippen LogP contribution in [0.25, 0.3) is 5.69 Å². The predicted octanol–water partition coefficient (Wildman–Crippen LogP) is 3.56. The molecule has 1 aromatic heterocycles. The third-order valence-corrected chi connectivity index (χ3v) is 2.61. The van der Waals surface area contributed by atoms with Crippen LogP contribution >= 0.6 is 11.6 Å². The molecule has 3 nitrogen and oxygen atoms in total. The zero-order valence-electron chi connectivity index (χ0n) is 9.04. The summed E-state index contributed by atoms with van der Waals surface area (Å²) in [6.07, 6.45) is -4.81. The first kappa shape index (κ1) is 13.4. The maximum Gasteiger partial charge on any atom is 0.436 e. The summed E-state index contributed by atoms with van der Waals surface area (Å²) < 4.78 is 51.7. The quantitative estimate of drug-likeness (QED) is 0.753. The maximum absolute atomic E-state index is 13.0. The molecule has 2 aromatic rings. The van der Waals surface area contributed by atoms with Crippen molar-refractivity contribution in [1.82, 2.24) is 9.78 Å². The van der Waals surface area contributed by atoms with Crippen LogP contribution in [0.2, 0.25) is 5.15 Å². The molecule has 0 bridgehead atoms. The van der Waals surface area contributed by atoms with Gasteiger partial charge in [0.1, 0.15) is 17.4 Å². The number of halogens is 5. The standard InChI is InChI=1S/C11H4ClF4N3/c12-10-8(5-17)9(11(14,15)16)18-19(10)7-3-1-2-6(13)4-7/h1-4H. The van der Waals surface area contributed by atoms with Crippen molar-refractivity contribution >= 4 is 11.6 Å². The SMILES string of the molecule is N#Cc1c(C(F)(F)F)nn(-c2cccc(F)c2)c1Cl. The molecular weight excluding hydrogens is 286 g/mol. The topological polar surface area (TPSA) is 41.6 Å². The molecule has 0 radical (unpaired) electrons. The lowest BCUT2D eigenvalue weighted by Crippen LogP contribution is -2.08. The average Bonchev–Trinajstić information content (AvgIpc) is 2.66. The average molecular weight is 290 g/mol. The largest absolute Gasteiger partial charge is 0.436 e. The van der Waals surface area contributed by atoms with Gasteiger partial charge in [0.15, 0.2) is 10.8 Å². The van der Waals surface area contributed by atoms with E-state index in [-0.39, 0.29) is 5.69 Å². The monoisotopic (exact) mass is 289 g/mol. The Labute approximate surface area is 109 Å². The van der Waals surface area contributed by atoms with Crippen molar-refractivity contribution in [3.8, 4) is 11.8 Å². The van der Waals surface area contributed by atoms with Gasteiger partial charge in [0, 0.05) is 0 Å². The van der Waals surface area contributed by atoms with E-state index < -0.39 is 28.4 Å². The van der Waals surface area contributed by atoms with Crippen LogP contribution in [0.5, 0.6) is 0 Å². The highest BCUT2D eigenvalue weighted by Gasteiger charge is 2.39. The van der Waals surface area contributed by atoms with Crippen LogP contribution in [0.3, 0.4) is 0 Å². The summed E-state index contributed by atoms with van der Waals surface area (Å²) in [5.74, 6) is -0.656. The van der Waals surface area contributed by atoms with Crippen molar-refractivity contribution in [3.63, 3.8) is 0 Å². The summed E-state index contributed by atoms with van der Waals surface area (Å²) in [7, 11) is 0. The van der Waals surface area contributed by atoms with E-state index >= 15 is 0 Å². The van der Waals surface area contributed by atoms with E-state index in [9.17, 15) is 17.6 Å². The number of aromatic nitrogens is 2. The molecule has 0 spiro atoms. The lowest BCUT2D eigenvalue weighted by molar-refractivity contribution is -0.141. The first-order chi connectivity index (χ1) is 8.84. The predicted molar refractivity (Wildman–Crippen MR) is 58.2 cm³/mol. The van der Waals surface area contributed by atoms with Crippen LogP contribution in [0.15, 0.2) is 24.3 Å². The van der Waals surface area contributed by atoms with Gasteiger partial charge in [0.05, 0.1) is 5.69 Å². The molecule has 1 heterocycles. The fourth-order valence-electron chi connectivity index (χ4n) is 1.47. The van der Waals surface area contributed by atoms with E-state index in [1.807, 2.05) is 0 Å². The molecule has 0 amide bonds. The van der Waals surface area contributed by atoms with Crippen molar-refractivity contribution < 1.29 is 17.6 Å². The molecule has 0 saturated carbocycles. The molecule has 0 N–H and O–H groups in total. The van der Waals surface area contributed by atoms with E-state index in [0.717, 1.165) is 12.1 Å². The van der Waals surface area contributed by atoms with Gasteiger partial charge < -0.3 is 0 Å². The second-order valence-electron chi connectivity index (χ2n) is 3.52. The van der Waals surface area contributed by atoms with Crippen LogP contribution in [0.4, 0.5) is 17.6 Å². The Morgan fingerprint density at radius 2 is 2.00 bits per heavy atom. The molecule has 98 valence electrons. The number of nitrogens with zero attached hydrogens (tertiary/aromatic N) is 3. The van der Waals surface area contributed by atoms with Gasteiger partial charge in [-0.15, -0.1) is 0 Å². The van der Waals surface area contributed by atoms with E-state index in [0.29, 0.717) is 4.68 Å². The molecule has 2 rings (SSSR count). The Kier molecular flexibility index (Phi) is 3.20. The molecular formula is C11H4ClF4N3. The smallest absolute Gasteiger partial charge is 0.220 e. The normalized spacial score (nSPS) is 11.4. The number of hydrogen-bond donors (Lipinski definition) is 0. The van der Waals surface area contributed by atoms with Gasteiger partial charge in [0.25, 0.3) is 0 Å². The summed E-state index contributed by atoms with van der Waals surface area (Å²) in [6.45, 7) is 0. The Hall–Kier alpha value is -2.07. The molecule has 19 heavy (non-hydrogen) atoms. The van der Waals surface area contributed by atoms with Gasteiger partial charge in [-0.05, 0) is 18.2 Å².